The molecule has 2 aromatic rings. The molecule has 0 aliphatic rings. The summed E-state index contributed by atoms with van der Waals surface area (Å²) in [6, 6.07) is 11.3. The van der Waals surface area contributed by atoms with E-state index >= 15 is 0 Å². The first kappa shape index (κ1) is 16.3. The summed E-state index contributed by atoms with van der Waals surface area (Å²) < 4.78 is 4.88. The normalized spacial score (nSPS) is 10.3. The van der Waals surface area contributed by atoms with Crippen LogP contribution in [0.3, 0.4) is 0 Å². The van der Waals surface area contributed by atoms with E-state index in [0.29, 0.717) is 11.1 Å². The van der Waals surface area contributed by atoms with Gasteiger partial charge in [0.1, 0.15) is 0 Å². The Morgan fingerprint density at radius 2 is 2.05 bits per heavy atom. The van der Waals surface area contributed by atoms with Crippen molar-refractivity contribution >= 4 is 24.0 Å². The van der Waals surface area contributed by atoms with Gasteiger partial charge in [-0.05, 0) is 42.0 Å². The molecule has 4 heteroatoms. The van der Waals surface area contributed by atoms with Crippen LogP contribution >= 0.6 is 11.8 Å². The molecule has 0 N–H and O–H groups in total. The van der Waals surface area contributed by atoms with Crippen LogP contribution in [0.25, 0.3) is 11.1 Å². The summed E-state index contributed by atoms with van der Waals surface area (Å²) in [6.07, 6.45) is 3.64. The van der Waals surface area contributed by atoms with E-state index < -0.39 is 5.97 Å². The first-order chi connectivity index (χ1) is 10.7. The monoisotopic (exact) mass is 314 g/mol. The van der Waals surface area contributed by atoms with E-state index in [2.05, 4.69) is 0 Å². The molecule has 3 nitrogen and oxygen atoms in total. The molecule has 0 spiro atoms. The number of aryl methyl sites for hydroxylation is 1. The van der Waals surface area contributed by atoms with E-state index in [1.165, 1.54) is 18.9 Å². The highest BCUT2D eigenvalue weighted by Crippen LogP contribution is 2.35. The van der Waals surface area contributed by atoms with Gasteiger partial charge in [-0.25, -0.2) is 4.79 Å². The maximum absolute atomic E-state index is 12.1. The van der Waals surface area contributed by atoms with E-state index in [-0.39, 0.29) is 0 Å². The van der Waals surface area contributed by atoms with Gasteiger partial charge in [0, 0.05) is 16.0 Å². The van der Waals surface area contributed by atoms with Crippen molar-refractivity contribution in [3.8, 4) is 11.1 Å². The smallest absolute Gasteiger partial charge is 0.338 e. The molecule has 0 saturated carbocycles. The van der Waals surface area contributed by atoms with Crippen LogP contribution in [0.15, 0.2) is 41.3 Å². The average molecular weight is 314 g/mol. The second kappa shape index (κ2) is 7.27. The Morgan fingerprint density at radius 1 is 1.27 bits per heavy atom. The fourth-order valence-electron chi connectivity index (χ4n) is 2.42. The summed E-state index contributed by atoms with van der Waals surface area (Å²) in [4.78, 5) is 24.5. The van der Waals surface area contributed by atoms with Gasteiger partial charge in [-0.2, -0.15) is 0 Å². The van der Waals surface area contributed by atoms with E-state index in [9.17, 15) is 9.59 Å². The highest BCUT2D eigenvalue weighted by atomic mass is 32.2. The summed E-state index contributed by atoms with van der Waals surface area (Å²) in [5.41, 5.74) is 3.67. The number of thioether (sulfide) groups is 1. The highest BCUT2D eigenvalue weighted by Gasteiger charge is 2.19. The number of ether oxygens (including phenoxy) is 1. The minimum atomic E-state index is -0.401. The molecule has 0 bridgehead atoms. The molecular weight excluding hydrogens is 296 g/mol. The van der Waals surface area contributed by atoms with Crippen LogP contribution in [0, 0.1) is 0 Å². The third kappa shape index (κ3) is 3.07. The molecule has 0 aliphatic heterocycles. The first-order valence-electron chi connectivity index (χ1n) is 7.00. The second-order valence-corrected chi connectivity index (χ2v) is 5.62. The lowest BCUT2D eigenvalue weighted by atomic mass is 9.94. The Morgan fingerprint density at radius 3 is 2.64 bits per heavy atom. The Hall–Kier alpha value is -2.07. The highest BCUT2D eigenvalue weighted by molar-refractivity contribution is 7.98. The van der Waals surface area contributed by atoms with Gasteiger partial charge in [-0.1, -0.05) is 25.1 Å². The minimum Gasteiger partial charge on any atom is -0.465 e. The van der Waals surface area contributed by atoms with Gasteiger partial charge in [0.15, 0.2) is 6.29 Å². The van der Waals surface area contributed by atoms with Crippen LogP contribution in [-0.4, -0.2) is 25.6 Å². The van der Waals surface area contributed by atoms with Gasteiger partial charge in [-0.15, -0.1) is 11.8 Å². The number of aldehydes is 1. The van der Waals surface area contributed by atoms with Crippen LogP contribution < -0.4 is 0 Å². The molecule has 0 radical (unpaired) electrons. The molecule has 22 heavy (non-hydrogen) atoms. The van der Waals surface area contributed by atoms with Crippen LogP contribution in [0.2, 0.25) is 0 Å². The molecule has 0 heterocycles. The second-order valence-electron chi connectivity index (χ2n) is 4.77. The number of rotatable bonds is 5. The molecule has 0 fully saturated rings. The van der Waals surface area contributed by atoms with E-state index in [4.69, 9.17) is 4.74 Å². The predicted octanol–water partition coefficient (Wildman–Crippen LogP) is 4.24. The van der Waals surface area contributed by atoms with Crippen molar-refractivity contribution in [3.63, 3.8) is 0 Å². The lowest BCUT2D eigenvalue weighted by Gasteiger charge is -2.15. The van der Waals surface area contributed by atoms with Crippen LogP contribution in [0.1, 0.15) is 33.2 Å². The topological polar surface area (TPSA) is 43.4 Å². The zero-order valence-corrected chi connectivity index (χ0v) is 13.7. The summed E-state index contributed by atoms with van der Waals surface area (Å²) in [5.74, 6) is -0.401. The quantitative estimate of drug-likeness (QED) is 0.470. The summed E-state index contributed by atoms with van der Waals surface area (Å²) in [5, 5.41) is 0. The van der Waals surface area contributed by atoms with Crippen molar-refractivity contribution in [2.45, 2.75) is 18.2 Å². The maximum Gasteiger partial charge on any atom is 0.338 e. The Balaban J connectivity index is 2.75. The molecule has 2 aromatic carbocycles. The van der Waals surface area contributed by atoms with Gasteiger partial charge < -0.3 is 4.74 Å². The molecule has 0 amide bonds. The number of benzene rings is 2. The SMILES string of the molecule is CCc1ccc(-c2c(SC)cccc2C(=O)OC)c(C=O)c1. The summed E-state index contributed by atoms with van der Waals surface area (Å²) in [6.45, 7) is 2.04. The minimum absolute atomic E-state index is 0.401. The van der Waals surface area contributed by atoms with Crippen molar-refractivity contribution in [2.75, 3.05) is 13.4 Å². The number of esters is 1. The van der Waals surface area contributed by atoms with Crippen molar-refractivity contribution in [2.24, 2.45) is 0 Å². The van der Waals surface area contributed by atoms with Crippen LogP contribution in [0.5, 0.6) is 0 Å². The molecule has 0 unspecified atom stereocenters. The number of hydrogen-bond donors (Lipinski definition) is 0. The van der Waals surface area contributed by atoms with Crippen LogP contribution in [0.4, 0.5) is 0 Å². The van der Waals surface area contributed by atoms with Crippen molar-refractivity contribution in [1.29, 1.82) is 0 Å². The number of hydrogen-bond acceptors (Lipinski definition) is 4. The van der Waals surface area contributed by atoms with E-state index in [1.807, 2.05) is 43.5 Å². The molecule has 0 aromatic heterocycles. The fraction of sp³-hybridized carbons (Fsp3) is 0.222. The molecule has 0 saturated heterocycles. The third-order valence-corrected chi connectivity index (χ3v) is 4.35. The van der Waals surface area contributed by atoms with Crippen LogP contribution in [-0.2, 0) is 11.2 Å². The predicted molar refractivity (Wildman–Crippen MR) is 89.8 cm³/mol. The molecular formula is C18H18O3S. The largest absolute Gasteiger partial charge is 0.465 e. The molecule has 0 atom stereocenters. The first-order valence-corrected chi connectivity index (χ1v) is 8.22. The third-order valence-electron chi connectivity index (χ3n) is 3.57. The van der Waals surface area contributed by atoms with Gasteiger partial charge in [0.25, 0.3) is 0 Å². The Bertz CT molecular complexity index is 707. The lowest BCUT2D eigenvalue weighted by molar-refractivity contribution is 0.0601. The average Bonchev–Trinajstić information content (AvgIpc) is 2.59. The fourth-order valence-corrected chi connectivity index (χ4v) is 3.06. The van der Waals surface area contributed by atoms with Crippen molar-refractivity contribution in [1.82, 2.24) is 0 Å². The summed E-state index contributed by atoms with van der Waals surface area (Å²) in [7, 11) is 1.36. The number of carbonyl (C=O) groups excluding carboxylic acids is 2. The van der Waals surface area contributed by atoms with Gasteiger partial charge in [0.2, 0.25) is 0 Å². The van der Waals surface area contributed by atoms with Gasteiger partial charge in [0.05, 0.1) is 12.7 Å². The molecule has 0 aliphatic carbocycles. The Kier molecular flexibility index (Phi) is 5.39. The Labute approximate surface area is 134 Å². The van der Waals surface area contributed by atoms with E-state index in [0.717, 1.165) is 34.3 Å². The van der Waals surface area contributed by atoms with Crippen molar-refractivity contribution < 1.29 is 14.3 Å². The van der Waals surface area contributed by atoms with Crippen molar-refractivity contribution in [3.05, 3.63) is 53.1 Å². The zero-order chi connectivity index (χ0) is 16.1. The number of methoxy groups -OCH3 is 1. The standard InChI is InChI=1S/C18H18O3S/c1-4-12-8-9-14(13(10-12)11-19)17-15(18(20)21-2)6-5-7-16(17)22-3/h5-11H,4H2,1-3H3. The number of carbonyl (C=O) groups is 2. The van der Waals surface area contributed by atoms with Gasteiger partial charge >= 0.3 is 5.97 Å². The maximum atomic E-state index is 12.1. The molecule has 2 rings (SSSR count). The zero-order valence-electron chi connectivity index (χ0n) is 12.9. The van der Waals surface area contributed by atoms with Gasteiger partial charge in [-0.3, -0.25) is 4.79 Å². The van der Waals surface area contributed by atoms with E-state index in [1.54, 1.807) is 6.07 Å². The molecule has 114 valence electrons. The lowest BCUT2D eigenvalue weighted by Crippen LogP contribution is -2.05. The summed E-state index contributed by atoms with van der Waals surface area (Å²) >= 11 is 1.54.